The summed E-state index contributed by atoms with van der Waals surface area (Å²) in [5.74, 6) is -0.634. The molecule has 1 aliphatic heterocycles. The molecule has 0 aromatic heterocycles. The number of benzene rings is 1. The lowest BCUT2D eigenvalue weighted by molar-refractivity contribution is -0.137. The van der Waals surface area contributed by atoms with Crippen LogP contribution in [0.5, 0.6) is 0 Å². The van der Waals surface area contributed by atoms with E-state index in [-0.39, 0.29) is 0 Å². The zero-order valence-electron chi connectivity index (χ0n) is 11.4. The second-order valence-corrected chi connectivity index (χ2v) is 4.83. The highest BCUT2D eigenvalue weighted by Gasteiger charge is 2.43. The van der Waals surface area contributed by atoms with Crippen LogP contribution in [-0.2, 0) is 11.0 Å². The van der Waals surface area contributed by atoms with Crippen molar-refractivity contribution in [2.75, 3.05) is 4.90 Å². The average molecular weight is 300 g/mol. The maximum absolute atomic E-state index is 13.0. The van der Waals surface area contributed by atoms with Gasteiger partial charge in [-0.2, -0.15) is 13.2 Å². The Bertz CT molecular complexity index is 557. The van der Waals surface area contributed by atoms with Gasteiger partial charge in [-0.15, -0.1) is 0 Å². The Balaban J connectivity index is 2.35. The van der Waals surface area contributed by atoms with Crippen LogP contribution in [0.25, 0.3) is 0 Å². The number of halogens is 3. The maximum atomic E-state index is 13.0. The molecule has 7 heteroatoms. The maximum Gasteiger partial charge on any atom is 0.418 e. The minimum absolute atomic E-state index is 0.422. The van der Waals surface area contributed by atoms with Crippen LogP contribution in [0.2, 0.25) is 0 Å². The molecule has 114 valence electrons. The van der Waals surface area contributed by atoms with E-state index >= 15 is 0 Å². The van der Waals surface area contributed by atoms with Gasteiger partial charge in [-0.1, -0.05) is 31.9 Å². The van der Waals surface area contributed by atoms with Crippen LogP contribution in [0, 0.1) is 0 Å². The van der Waals surface area contributed by atoms with E-state index in [2.05, 4.69) is 5.32 Å². The fraction of sp³-hybridized carbons (Fsp3) is 0.429. The molecule has 1 heterocycles. The van der Waals surface area contributed by atoms with E-state index < -0.39 is 35.4 Å². The van der Waals surface area contributed by atoms with E-state index in [1.165, 1.54) is 12.1 Å². The van der Waals surface area contributed by atoms with Gasteiger partial charge in [0, 0.05) is 0 Å². The van der Waals surface area contributed by atoms with Crippen molar-refractivity contribution >= 4 is 17.6 Å². The standard InChI is InChI=1S/C14H15F3N2O2/c1-2-3-7-10-12(20)19(13(21)18-10)11-8-5-4-6-9(11)14(15,16)17/h4-6,8,10H,2-3,7H2,1H3,(H,18,21). The number of urea groups is 1. The summed E-state index contributed by atoms with van der Waals surface area (Å²) in [7, 11) is 0. The summed E-state index contributed by atoms with van der Waals surface area (Å²) in [4.78, 5) is 24.6. The molecule has 3 amide bonds. The number of imide groups is 1. The number of hydrogen-bond donors (Lipinski definition) is 1. The van der Waals surface area contributed by atoms with Crippen molar-refractivity contribution in [1.82, 2.24) is 5.32 Å². The molecular weight excluding hydrogens is 285 g/mol. The molecule has 0 bridgehead atoms. The van der Waals surface area contributed by atoms with Crippen molar-refractivity contribution in [1.29, 1.82) is 0 Å². The monoisotopic (exact) mass is 300 g/mol. The fourth-order valence-corrected chi connectivity index (χ4v) is 2.27. The number of para-hydroxylation sites is 1. The lowest BCUT2D eigenvalue weighted by Crippen LogP contribution is -2.33. The van der Waals surface area contributed by atoms with Crippen LogP contribution in [0.1, 0.15) is 31.7 Å². The quantitative estimate of drug-likeness (QED) is 0.867. The number of amides is 3. The topological polar surface area (TPSA) is 49.4 Å². The van der Waals surface area contributed by atoms with Gasteiger partial charge < -0.3 is 5.32 Å². The average Bonchev–Trinajstić information content (AvgIpc) is 2.70. The molecule has 0 aliphatic carbocycles. The highest BCUT2D eigenvalue weighted by Crippen LogP contribution is 2.37. The first kappa shape index (κ1) is 15.3. The predicted octanol–water partition coefficient (Wildman–Crippen LogP) is 3.32. The summed E-state index contributed by atoms with van der Waals surface area (Å²) < 4.78 is 39.0. The highest BCUT2D eigenvalue weighted by molar-refractivity contribution is 6.21. The molecule has 0 saturated carbocycles. The molecule has 1 fully saturated rings. The van der Waals surface area contributed by atoms with Crippen molar-refractivity contribution in [3.63, 3.8) is 0 Å². The normalized spacial score (nSPS) is 19.0. The summed E-state index contributed by atoms with van der Waals surface area (Å²) >= 11 is 0. The molecular formula is C14H15F3N2O2. The van der Waals surface area contributed by atoms with Crippen molar-refractivity contribution in [2.24, 2.45) is 0 Å². The molecule has 21 heavy (non-hydrogen) atoms. The van der Waals surface area contributed by atoms with Crippen LogP contribution < -0.4 is 10.2 Å². The van der Waals surface area contributed by atoms with Crippen molar-refractivity contribution in [3.05, 3.63) is 29.8 Å². The Kier molecular flexibility index (Phi) is 4.20. The number of anilines is 1. The summed E-state index contributed by atoms with van der Waals surface area (Å²) in [5, 5.41) is 2.44. The van der Waals surface area contributed by atoms with E-state index in [4.69, 9.17) is 0 Å². The fourth-order valence-electron chi connectivity index (χ4n) is 2.27. The number of nitrogens with one attached hydrogen (secondary N) is 1. The minimum atomic E-state index is -4.63. The summed E-state index contributed by atoms with van der Waals surface area (Å²) in [6.45, 7) is 1.93. The van der Waals surface area contributed by atoms with Crippen LogP contribution in [-0.4, -0.2) is 18.0 Å². The first-order chi connectivity index (χ1) is 9.86. The zero-order chi connectivity index (χ0) is 15.6. The van der Waals surface area contributed by atoms with Gasteiger partial charge in [0.15, 0.2) is 0 Å². The molecule has 1 aromatic carbocycles. The van der Waals surface area contributed by atoms with E-state index in [1.807, 2.05) is 6.92 Å². The summed E-state index contributed by atoms with van der Waals surface area (Å²) in [5.41, 5.74) is -1.42. The molecule has 1 aliphatic rings. The molecule has 1 aromatic rings. The molecule has 2 rings (SSSR count). The number of hydrogen-bond acceptors (Lipinski definition) is 2. The third-order valence-electron chi connectivity index (χ3n) is 3.32. The largest absolute Gasteiger partial charge is 0.418 e. The minimum Gasteiger partial charge on any atom is -0.325 e. The third kappa shape index (κ3) is 3.01. The van der Waals surface area contributed by atoms with Gasteiger partial charge in [0.25, 0.3) is 5.91 Å². The van der Waals surface area contributed by atoms with E-state index in [0.29, 0.717) is 17.7 Å². The van der Waals surface area contributed by atoms with Crippen LogP contribution in [0.15, 0.2) is 24.3 Å². The molecule has 0 spiro atoms. The van der Waals surface area contributed by atoms with Gasteiger partial charge in [0.2, 0.25) is 0 Å². The Hall–Kier alpha value is -2.05. The SMILES string of the molecule is CCCCC1NC(=O)N(c2ccccc2C(F)(F)F)C1=O. The Morgan fingerprint density at radius 1 is 1.24 bits per heavy atom. The molecule has 1 saturated heterocycles. The number of rotatable bonds is 4. The van der Waals surface area contributed by atoms with Gasteiger partial charge in [0.1, 0.15) is 6.04 Å². The molecule has 1 N–H and O–H groups in total. The smallest absolute Gasteiger partial charge is 0.325 e. The van der Waals surface area contributed by atoms with Gasteiger partial charge in [-0.05, 0) is 18.6 Å². The number of carbonyl (C=O) groups is 2. The van der Waals surface area contributed by atoms with Gasteiger partial charge in [-0.3, -0.25) is 4.79 Å². The first-order valence-electron chi connectivity index (χ1n) is 6.67. The van der Waals surface area contributed by atoms with Gasteiger partial charge in [-0.25, -0.2) is 9.69 Å². The van der Waals surface area contributed by atoms with E-state index in [9.17, 15) is 22.8 Å². The number of alkyl halides is 3. The second-order valence-electron chi connectivity index (χ2n) is 4.83. The Morgan fingerprint density at radius 3 is 2.52 bits per heavy atom. The van der Waals surface area contributed by atoms with Crippen molar-refractivity contribution in [3.8, 4) is 0 Å². The third-order valence-corrected chi connectivity index (χ3v) is 3.32. The van der Waals surface area contributed by atoms with Crippen LogP contribution in [0.3, 0.4) is 0 Å². The van der Waals surface area contributed by atoms with Gasteiger partial charge in [0.05, 0.1) is 11.3 Å². The highest BCUT2D eigenvalue weighted by atomic mass is 19.4. The summed E-state index contributed by atoms with van der Waals surface area (Å²) in [6, 6.07) is 3.01. The van der Waals surface area contributed by atoms with Crippen LogP contribution >= 0.6 is 0 Å². The lowest BCUT2D eigenvalue weighted by atomic mass is 10.1. The van der Waals surface area contributed by atoms with E-state index in [0.717, 1.165) is 18.6 Å². The van der Waals surface area contributed by atoms with Crippen molar-refractivity contribution in [2.45, 2.75) is 38.4 Å². The molecule has 0 radical (unpaired) electrons. The van der Waals surface area contributed by atoms with Crippen LogP contribution in [0.4, 0.5) is 23.7 Å². The molecule has 4 nitrogen and oxygen atoms in total. The zero-order valence-corrected chi connectivity index (χ0v) is 11.4. The summed E-state index contributed by atoms with van der Waals surface area (Å²) in [6.07, 6.45) is -2.66. The lowest BCUT2D eigenvalue weighted by Gasteiger charge is -2.18. The number of unbranched alkanes of at least 4 members (excludes halogenated alkanes) is 1. The van der Waals surface area contributed by atoms with Gasteiger partial charge >= 0.3 is 12.2 Å². The Labute approximate surface area is 119 Å². The molecule has 1 atom stereocenters. The Morgan fingerprint density at radius 2 is 1.90 bits per heavy atom. The predicted molar refractivity (Wildman–Crippen MR) is 70.8 cm³/mol. The second kappa shape index (κ2) is 5.75. The number of carbonyl (C=O) groups excluding carboxylic acids is 2. The van der Waals surface area contributed by atoms with Crippen molar-refractivity contribution < 1.29 is 22.8 Å². The molecule has 1 unspecified atom stereocenters. The first-order valence-corrected chi connectivity index (χ1v) is 6.67. The van der Waals surface area contributed by atoms with E-state index in [1.54, 1.807) is 0 Å². The number of nitrogens with zero attached hydrogens (tertiary/aromatic N) is 1.